The highest BCUT2D eigenvalue weighted by Crippen LogP contribution is 2.20. The summed E-state index contributed by atoms with van der Waals surface area (Å²) in [5.41, 5.74) is 2.54. The lowest BCUT2D eigenvalue weighted by molar-refractivity contribution is 0.0723. The van der Waals surface area contributed by atoms with Crippen LogP contribution in [0.2, 0.25) is 5.02 Å². The summed E-state index contributed by atoms with van der Waals surface area (Å²) in [6.45, 7) is 1.35. The van der Waals surface area contributed by atoms with E-state index in [4.69, 9.17) is 16.3 Å². The molecule has 0 bridgehead atoms. The average Bonchev–Trinajstić information content (AvgIpc) is 3.27. The minimum Gasteiger partial charge on any atom is -0.497 e. The van der Waals surface area contributed by atoms with Crippen molar-refractivity contribution in [3.05, 3.63) is 113 Å². The highest BCUT2D eigenvalue weighted by molar-refractivity contribution is 6.31. The highest BCUT2D eigenvalue weighted by atomic mass is 35.5. The zero-order valence-electron chi connectivity index (χ0n) is 17.7. The largest absolute Gasteiger partial charge is 0.497 e. The fraction of sp³-hybridized carbons (Fsp3) is 0.160. The van der Waals surface area contributed by atoms with Crippen LogP contribution in [0.1, 0.15) is 27.3 Å². The molecule has 1 amide bonds. The van der Waals surface area contributed by atoms with Crippen LogP contribution in [0.4, 0.5) is 0 Å². The van der Waals surface area contributed by atoms with Gasteiger partial charge in [0.1, 0.15) is 11.6 Å². The molecule has 0 unspecified atom stereocenters. The number of carbonyl (C=O) groups is 1. The predicted molar refractivity (Wildman–Crippen MR) is 124 cm³/mol. The van der Waals surface area contributed by atoms with Gasteiger partial charge in [0.15, 0.2) is 0 Å². The van der Waals surface area contributed by atoms with Crippen molar-refractivity contribution in [2.45, 2.75) is 19.6 Å². The molecule has 0 aliphatic rings. The molecular formula is C25H23ClN4O2. The molecule has 0 saturated carbocycles. The topological polar surface area (TPSA) is 60.2 Å². The molecule has 2 aromatic carbocycles. The molecule has 6 nitrogen and oxygen atoms in total. The molecule has 0 spiro atoms. The first kappa shape index (κ1) is 21.6. The zero-order chi connectivity index (χ0) is 22.3. The van der Waals surface area contributed by atoms with Gasteiger partial charge >= 0.3 is 0 Å². The number of aromatic nitrogens is 3. The summed E-state index contributed by atoms with van der Waals surface area (Å²) in [6, 6.07) is 18.7. The Morgan fingerprint density at radius 1 is 1.03 bits per heavy atom. The number of methoxy groups -OCH3 is 1. The van der Waals surface area contributed by atoms with Crippen molar-refractivity contribution in [2.75, 3.05) is 7.11 Å². The molecule has 0 fully saturated rings. The van der Waals surface area contributed by atoms with E-state index in [0.29, 0.717) is 36.0 Å². The Kier molecular flexibility index (Phi) is 6.82. The second-order valence-electron chi connectivity index (χ2n) is 7.31. The molecule has 2 heterocycles. The molecule has 32 heavy (non-hydrogen) atoms. The van der Waals surface area contributed by atoms with Crippen LogP contribution in [0.25, 0.3) is 0 Å². The third kappa shape index (κ3) is 5.15. The van der Waals surface area contributed by atoms with Gasteiger partial charge in [-0.25, -0.2) is 4.98 Å². The number of imidazole rings is 1. The van der Waals surface area contributed by atoms with Crippen LogP contribution < -0.4 is 4.74 Å². The number of hydrogen-bond acceptors (Lipinski definition) is 4. The van der Waals surface area contributed by atoms with E-state index >= 15 is 0 Å². The average molecular weight is 447 g/mol. The molecular weight excluding hydrogens is 424 g/mol. The Hall–Kier alpha value is -3.64. The first-order valence-electron chi connectivity index (χ1n) is 10.2. The second-order valence-corrected chi connectivity index (χ2v) is 7.72. The standard InChI is InChI=1S/C25H23ClN4O2/c1-32-22-7-4-6-20(15-22)25(31)30(16-19-9-11-27-12-10-19)18-24-28-13-14-29(24)17-21-5-2-3-8-23(21)26/h2-15H,16-18H2,1H3. The van der Waals surface area contributed by atoms with E-state index < -0.39 is 0 Å². The van der Waals surface area contributed by atoms with Crippen LogP contribution >= 0.6 is 11.6 Å². The van der Waals surface area contributed by atoms with Gasteiger partial charge < -0.3 is 14.2 Å². The van der Waals surface area contributed by atoms with Crippen LogP contribution in [-0.4, -0.2) is 32.5 Å². The van der Waals surface area contributed by atoms with Gasteiger partial charge in [-0.05, 0) is 47.5 Å². The maximum absolute atomic E-state index is 13.5. The van der Waals surface area contributed by atoms with Gasteiger partial charge in [-0.15, -0.1) is 0 Å². The van der Waals surface area contributed by atoms with Gasteiger partial charge in [0.05, 0.1) is 20.2 Å². The van der Waals surface area contributed by atoms with E-state index in [1.807, 2.05) is 59.3 Å². The fourth-order valence-electron chi connectivity index (χ4n) is 3.46. The zero-order valence-corrected chi connectivity index (χ0v) is 18.4. The minimum absolute atomic E-state index is 0.104. The van der Waals surface area contributed by atoms with E-state index in [0.717, 1.165) is 17.0 Å². The number of amides is 1. The summed E-state index contributed by atoms with van der Waals surface area (Å²) in [6.07, 6.45) is 7.09. The van der Waals surface area contributed by atoms with Crippen LogP contribution in [-0.2, 0) is 19.6 Å². The molecule has 0 saturated heterocycles. The van der Waals surface area contributed by atoms with Gasteiger partial charge in [-0.1, -0.05) is 35.9 Å². The van der Waals surface area contributed by atoms with Crippen molar-refractivity contribution in [3.8, 4) is 5.75 Å². The van der Waals surface area contributed by atoms with Crippen LogP contribution in [0.5, 0.6) is 5.75 Å². The first-order valence-corrected chi connectivity index (χ1v) is 10.6. The molecule has 162 valence electrons. The number of hydrogen-bond donors (Lipinski definition) is 0. The number of benzene rings is 2. The van der Waals surface area contributed by atoms with Crippen molar-refractivity contribution in [2.24, 2.45) is 0 Å². The maximum Gasteiger partial charge on any atom is 0.254 e. The molecule has 4 rings (SSSR count). The highest BCUT2D eigenvalue weighted by Gasteiger charge is 2.20. The Labute approximate surface area is 192 Å². The maximum atomic E-state index is 13.5. The molecule has 0 aliphatic heterocycles. The van der Waals surface area contributed by atoms with Crippen molar-refractivity contribution in [1.29, 1.82) is 0 Å². The summed E-state index contributed by atoms with van der Waals surface area (Å²) in [5.74, 6) is 1.31. The molecule has 0 atom stereocenters. The third-order valence-corrected chi connectivity index (χ3v) is 5.53. The number of ether oxygens (including phenoxy) is 1. The van der Waals surface area contributed by atoms with Crippen LogP contribution in [0, 0.1) is 0 Å². The molecule has 0 radical (unpaired) electrons. The Morgan fingerprint density at radius 2 is 1.84 bits per heavy atom. The summed E-state index contributed by atoms with van der Waals surface area (Å²) in [7, 11) is 1.59. The van der Waals surface area contributed by atoms with E-state index in [-0.39, 0.29) is 5.91 Å². The smallest absolute Gasteiger partial charge is 0.254 e. The van der Waals surface area contributed by atoms with E-state index in [2.05, 4.69) is 9.97 Å². The quantitative estimate of drug-likeness (QED) is 0.389. The van der Waals surface area contributed by atoms with Crippen molar-refractivity contribution in [1.82, 2.24) is 19.4 Å². The predicted octanol–water partition coefficient (Wildman–Crippen LogP) is 4.83. The number of halogens is 1. The second kappa shape index (κ2) is 10.1. The summed E-state index contributed by atoms with van der Waals surface area (Å²) >= 11 is 6.35. The van der Waals surface area contributed by atoms with Gasteiger partial charge in [0.25, 0.3) is 5.91 Å². The minimum atomic E-state index is -0.104. The summed E-state index contributed by atoms with van der Waals surface area (Å²) in [5, 5.41) is 0.702. The van der Waals surface area contributed by atoms with Crippen molar-refractivity contribution in [3.63, 3.8) is 0 Å². The van der Waals surface area contributed by atoms with Gasteiger partial charge in [0, 0.05) is 41.9 Å². The molecule has 4 aromatic rings. The van der Waals surface area contributed by atoms with Crippen molar-refractivity contribution >= 4 is 17.5 Å². The molecule has 7 heteroatoms. The monoisotopic (exact) mass is 446 g/mol. The number of carbonyl (C=O) groups excluding carboxylic acids is 1. The third-order valence-electron chi connectivity index (χ3n) is 5.16. The normalized spacial score (nSPS) is 10.7. The van der Waals surface area contributed by atoms with E-state index in [1.165, 1.54) is 0 Å². The van der Waals surface area contributed by atoms with Crippen LogP contribution in [0.15, 0.2) is 85.5 Å². The van der Waals surface area contributed by atoms with E-state index in [9.17, 15) is 4.79 Å². The number of rotatable bonds is 8. The lowest BCUT2D eigenvalue weighted by Crippen LogP contribution is -2.31. The lowest BCUT2D eigenvalue weighted by Gasteiger charge is -2.23. The Morgan fingerprint density at radius 3 is 2.62 bits per heavy atom. The van der Waals surface area contributed by atoms with Gasteiger partial charge in [-0.2, -0.15) is 0 Å². The number of nitrogens with zero attached hydrogens (tertiary/aromatic N) is 4. The fourth-order valence-corrected chi connectivity index (χ4v) is 3.66. The summed E-state index contributed by atoms with van der Waals surface area (Å²) < 4.78 is 7.31. The molecule has 0 N–H and O–H groups in total. The molecule has 0 aliphatic carbocycles. The van der Waals surface area contributed by atoms with Gasteiger partial charge in [0.2, 0.25) is 0 Å². The van der Waals surface area contributed by atoms with Crippen molar-refractivity contribution < 1.29 is 9.53 Å². The SMILES string of the molecule is COc1cccc(C(=O)N(Cc2ccncc2)Cc2nccn2Cc2ccccc2Cl)c1. The first-order chi connectivity index (χ1) is 15.6. The Balaban J connectivity index is 1.62. The van der Waals surface area contributed by atoms with Gasteiger partial charge in [-0.3, -0.25) is 9.78 Å². The number of pyridine rings is 1. The molecule has 2 aromatic heterocycles. The van der Waals surface area contributed by atoms with E-state index in [1.54, 1.807) is 42.7 Å². The summed E-state index contributed by atoms with van der Waals surface area (Å²) in [4.78, 5) is 23.8. The van der Waals surface area contributed by atoms with Crippen LogP contribution in [0.3, 0.4) is 0 Å². The lowest BCUT2D eigenvalue weighted by atomic mass is 10.1. The Bertz CT molecular complexity index is 1190.